The monoisotopic (exact) mass is 663 g/mol. The molecule has 0 aromatic heterocycles. The van der Waals surface area contributed by atoms with Crippen LogP contribution in [0.4, 0.5) is 48.3 Å². The molecule has 0 fully saturated rings. The topological polar surface area (TPSA) is 47.6 Å². The standard InChI is InChI=1S/C31H20F11NO3/c32-21-13-20(14-23(15-21)46-31(41,42)27(34)35)29(16-17-4-2-1-3-5-17,19-7-9-22(10-8-19)45-28(36)37)43-26(44)18-6-11-25(33)24(12-18)30(38,39)40/h1-15,27-28H,16H2,(H,43,44)/t29-/m1/s1. The molecule has 4 aromatic rings. The predicted molar refractivity (Wildman–Crippen MR) is 141 cm³/mol. The lowest BCUT2D eigenvalue weighted by atomic mass is 9.77. The molecule has 46 heavy (non-hydrogen) atoms. The second-order valence-corrected chi connectivity index (χ2v) is 9.76. The molecule has 0 saturated carbocycles. The fourth-order valence-corrected chi connectivity index (χ4v) is 4.60. The van der Waals surface area contributed by atoms with E-state index in [4.69, 9.17) is 0 Å². The first-order chi connectivity index (χ1) is 21.5. The number of carbonyl (C=O) groups is 1. The smallest absolute Gasteiger partial charge is 0.435 e. The summed E-state index contributed by atoms with van der Waals surface area (Å²) in [6.07, 6.45) is -15.0. The van der Waals surface area contributed by atoms with Gasteiger partial charge in [0, 0.05) is 18.1 Å². The number of ether oxygens (including phenoxy) is 2. The number of rotatable bonds is 11. The number of carbonyl (C=O) groups excluding carboxylic acids is 1. The highest BCUT2D eigenvalue weighted by Crippen LogP contribution is 2.39. The molecule has 1 atom stereocenters. The van der Waals surface area contributed by atoms with E-state index in [-0.39, 0.29) is 17.4 Å². The Morgan fingerprint density at radius 1 is 0.739 bits per heavy atom. The second-order valence-electron chi connectivity index (χ2n) is 9.76. The molecule has 1 amide bonds. The maximum absolute atomic E-state index is 15.0. The zero-order valence-corrected chi connectivity index (χ0v) is 22.9. The summed E-state index contributed by atoms with van der Waals surface area (Å²) in [5.74, 6) is -5.82. The number of hydrogen-bond donors (Lipinski definition) is 1. The Bertz CT molecular complexity index is 1660. The predicted octanol–water partition coefficient (Wildman–Crippen LogP) is 8.74. The van der Waals surface area contributed by atoms with E-state index < -0.39 is 77.3 Å². The van der Waals surface area contributed by atoms with E-state index in [1.165, 1.54) is 12.1 Å². The summed E-state index contributed by atoms with van der Waals surface area (Å²) in [5.41, 5.74) is -4.85. The van der Waals surface area contributed by atoms with Crippen LogP contribution in [-0.2, 0) is 18.1 Å². The molecule has 0 saturated heterocycles. The molecule has 15 heteroatoms. The van der Waals surface area contributed by atoms with Gasteiger partial charge in [-0.1, -0.05) is 42.5 Å². The van der Waals surface area contributed by atoms with Crippen molar-refractivity contribution in [3.63, 3.8) is 0 Å². The molecule has 0 aliphatic heterocycles. The van der Waals surface area contributed by atoms with Gasteiger partial charge in [0.2, 0.25) is 0 Å². The van der Waals surface area contributed by atoms with Crippen LogP contribution in [0.25, 0.3) is 0 Å². The molecule has 0 aliphatic carbocycles. The molecule has 244 valence electrons. The van der Waals surface area contributed by atoms with Crippen LogP contribution in [0.15, 0.2) is 91.0 Å². The molecule has 0 aliphatic rings. The van der Waals surface area contributed by atoms with Gasteiger partial charge in [0.15, 0.2) is 0 Å². The van der Waals surface area contributed by atoms with Crippen molar-refractivity contribution >= 4 is 5.91 Å². The van der Waals surface area contributed by atoms with E-state index >= 15 is 0 Å². The van der Waals surface area contributed by atoms with E-state index in [1.807, 2.05) is 0 Å². The second kappa shape index (κ2) is 13.3. The van der Waals surface area contributed by atoms with Crippen molar-refractivity contribution in [3.8, 4) is 11.5 Å². The van der Waals surface area contributed by atoms with Crippen LogP contribution in [0.1, 0.15) is 32.6 Å². The Morgan fingerprint density at radius 3 is 1.98 bits per heavy atom. The van der Waals surface area contributed by atoms with Crippen LogP contribution in [0.3, 0.4) is 0 Å². The highest BCUT2D eigenvalue weighted by molar-refractivity contribution is 5.95. The summed E-state index contributed by atoms with van der Waals surface area (Å²) >= 11 is 0. The average Bonchev–Trinajstić information content (AvgIpc) is 2.96. The molecule has 4 aromatic carbocycles. The lowest BCUT2D eigenvalue weighted by Crippen LogP contribution is -2.48. The Kier molecular flexibility index (Phi) is 9.82. The molecular weight excluding hydrogens is 643 g/mol. The third kappa shape index (κ3) is 7.87. The van der Waals surface area contributed by atoms with E-state index in [0.29, 0.717) is 29.8 Å². The third-order valence-corrected chi connectivity index (χ3v) is 6.62. The average molecular weight is 663 g/mol. The van der Waals surface area contributed by atoms with Crippen LogP contribution in [0.2, 0.25) is 0 Å². The fourth-order valence-electron chi connectivity index (χ4n) is 4.60. The van der Waals surface area contributed by atoms with Crippen molar-refractivity contribution in [1.82, 2.24) is 5.32 Å². The molecule has 0 spiro atoms. The van der Waals surface area contributed by atoms with Gasteiger partial charge >= 0.3 is 25.3 Å². The molecule has 1 N–H and O–H groups in total. The van der Waals surface area contributed by atoms with E-state index in [1.54, 1.807) is 18.2 Å². The zero-order chi connectivity index (χ0) is 33.9. The minimum Gasteiger partial charge on any atom is -0.435 e. The number of amides is 1. The Morgan fingerprint density at radius 2 is 1.39 bits per heavy atom. The van der Waals surface area contributed by atoms with Gasteiger partial charge in [0.1, 0.15) is 23.1 Å². The zero-order valence-electron chi connectivity index (χ0n) is 22.9. The molecule has 0 unspecified atom stereocenters. The van der Waals surface area contributed by atoms with Crippen molar-refractivity contribution in [2.24, 2.45) is 0 Å². The van der Waals surface area contributed by atoms with Gasteiger partial charge < -0.3 is 14.8 Å². The third-order valence-electron chi connectivity index (χ3n) is 6.62. The summed E-state index contributed by atoms with van der Waals surface area (Å²) in [6.45, 7) is -3.25. The van der Waals surface area contributed by atoms with Crippen molar-refractivity contribution in [2.45, 2.75) is 37.3 Å². The number of benzene rings is 4. The summed E-state index contributed by atoms with van der Waals surface area (Å²) in [7, 11) is 0. The fraction of sp³-hybridized carbons (Fsp3) is 0.194. The first-order valence-corrected chi connectivity index (χ1v) is 12.9. The molecule has 0 radical (unpaired) electrons. The highest BCUT2D eigenvalue weighted by atomic mass is 19.4. The minimum absolute atomic E-state index is 0.0818. The Hall–Kier alpha value is -4.82. The van der Waals surface area contributed by atoms with E-state index in [2.05, 4.69) is 14.8 Å². The van der Waals surface area contributed by atoms with E-state index in [0.717, 1.165) is 30.3 Å². The van der Waals surface area contributed by atoms with Gasteiger partial charge in [0.05, 0.1) is 11.1 Å². The quantitative estimate of drug-likeness (QED) is 0.163. The van der Waals surface area contributed by atoms with Crippen LogP contribution < -0.4 is 14.8 Å². The lowest BCUT2D eigenvalue weighted by molar-refractivity contribution is -0.253. The van der Waals surface area contributed by atoms with Crippen molar-refractivity contribution in [1.29, 1.82) is 0 Å². The van der Waals surface area contributed by atoms with Crippen molar-refractivity contribution in [2.75, 3.05) is 0 Å². The first-order valence-electron chi connectivity index (χ1n) is 12.9. The molecule has 4 nitrogen and oxygen atoms in total. The van der Waals surface area contributed by atoms with Crippen LogP contribution in [-0.4, -0.2) is 25.1 Å². The summed E-state index contributed by atoms with van der Waals surface area (Å²) in [4.78, 5) is 13.6. The van der Waals surface area contributed by atoms with Gasteiger partial charge in [-0.15, -0.1) is 0 Å². The van der Waals surface area contributed by atoms with Gasteiger partial charge in [-0.3, -0.25) is 4.79 Å². The van der Waals surface area contributed by atoms with Gasteiger partial charge in [-0.05, 0) is 59.2 Å². The number of halogens is 11. The van der Waals surface area contributed by atoms with Crippen LogP contribution in [0.5, 0.6) is 11.5 Å². The first kappa shape index (κ1) is 34.1. The highest BCUT2D eigenvalue weighted by Gasteiger charge is 2.45. The van der Waals surface area contributed by atoms with Gasteiger partial charge in [-0.25, -0.2) is 8.78 Å². The maximum Gasteiger partial charge on any atom is 0.461 e. The van der Waals surface area contributed by atoms with Gasteiger partial charge in [0.25, 0.3) is 5.91 Å². The summed E-state index contributed by atoms with van der Waals surface area (Å²) in [5, 5.41) is 2.45. The molecule has 4 rings (SSSR count). The van der Waals surface area contributed by atoms with Crippen LogP contribution in [0, 0.1) is 11.6 Å². The number of nitrogens with one attached hydrogen (secondary N) is 1. The lowest BCUT2D eigenvalue weighted by Gasteiger charge is -2.37. The summed E-state index contributed by atoms with van der Waals surface area (Å²) in [6, 6.07) is 15.0. The number of alkyl halides is 9. The minimum atomic E-state index is -5.22. The van der Waals surface area contributed by atoms with Crippen molar-refractivity contribution in [3.05, 3.63) is 130 Å². The Labute approximate surface area is 253 Å². The largest absolute Gasteiger partial charge is 0.461 e. The number of hydrogen-bond acceptors (Lipinski definition) is 3. The van der Waals surface area contributed by atoms with Gasteiger partial charge in [-0.2, -0.15) is 39.5 Å². The maximum atomic E-state index is 15.0. The van der Waals surface area contributed by atoms with Crippen molar-refractivity contribution < 1.29 is 62.6 Å². The van der Waals surface area contributed by atoms with E-state index in [9.17, 15) is 53.1 Å². The Balaban J connectivity index is 1.97. The SMILES string of the molecule is O=C(N[C@](Cc1ccccc1)(c1ccc(OC(F)F)cc1)c1cc(F)cc(OC(F)(F)C(F)F)c1)c1ccc(F)c(C(F)(F)F)c1. The molecular formula is C31H20F11NO3. The van der Waals surface area contributed by atoms with Crippen LogP contribution >= 0.6 is 0 Å². The summed E-state index contributed by atoms with van der Waals surface area (Å²) < 4.78 is 157. The molecule has 0 heterocycles. The normalized spacial score (nSPS) is 13.4. The molecule has 0 bridgehead atoms.